The van der Waals surface area contributed by atoms with E-state index in [1.54, 1.807) is 6.33 Å². The van der Waals surface area contributed by atoms with E-state index in [4.69, 9.17) is 0 Å². The van der Waals surface area contributed by atoms with E-state index in [0.717, 1.165) is 25.9 Å². The van der Waals surface area contributed by atoms with Crippen LogP contribution in [0.25, 0.3) is 11.2 Å². The number of carbonyl (C=O) groups excluding carboxylic acids is 1. The highest BCUT2D eigenvalue weighted by molar-refractivity contribution is 5.85. The molecule has 0 bridgehead atoms. The molecule has 3 rings (SSSR count). The molecule has 0 unspecified atom stereocenters. The Hall–Kier alpha value is -2.22. The van der Waals surface area contributed by atoms with E-state index in [-0.39, 0.29) is 11.8 Å². The number of hydrazine groups is 1. The molecule has 19 heavy (non-hydrogen) atoms. The zero-order valence-corrected chi connectivity index (χ0v) is 10.3. The Morgan fingerprint density at radius 3 is 2.95 bits per heavy atom. The molecule has 1 aliphatic heterocycles. The van der Waals surface area contributed by atoms with Gasteiger partial charge in [-0.1, -0.05) is 0 Å². The molecule has 1 amide bonds. The van der Waals surface area contributed by atoms with Gasteiger partial charge in [-0.2, -0.15) is 0 Å². The van der Waals surface area contributed by atoms with Crippen molar-refractivity contribution in [3.8, 4) is 0 Å². The van der Waals surface area contributed by atoms with Crippen molar-refractivity contribution < 1.29 is 4.79 Å². The minimum Gasteiger partial charge on any atom is -0.340 e. The number of aromatic amines is 1. The Labute approximate surface area is 109 Å². The van der Waals surface area contributed by atoms with Crippen LogP contribution in [0.5, 0.6) is 0 Å². The number of rotatable bonds is 3. The number of piperidine rings is 1. The standard InChI is InChI=1S/C11H15N7O/c19-11(7-1-3-12-4-2-7)18-17-10-8-9(14-5-13-8)15-6-16-10/h5-7,12H,1-4H2,(H,18,19)(H2,13,14,15,16,17). The van der Waals surface area contributed by atoms with Gasteiger partial charge in [0.15, 0.2) is 11.5 Å². The first-order chi connectivity index (χ1) is 9.34. The largest absolute Gasteiger partial charge is 0.340 e. The monoisotopic (exact) mass is 261 g/mol. The topological polar surface area (TPSA) is 108 Å². The minimum atomic E-state index is -0.00669. The zero-order chi connectivity index (χ0) is 13.1. The van der Waals surface area contributed by atoms with Crippen LogP contribution in [0.2, 0.25) is 0 Å². The van der Waals surface area contributed by atoms with Crippen LogP contribution in [0.1, 0.15) is 12.8 Å². The summed E-state index contributed by atoms with van der Waals surface area (Å²) in [6.45, 7) is 1.77. The lowest BCUT2D eigenvalue weighted by molar-refractivity contribution is -0.125. The van der Waals surface area contributed by atoms with E-state index in [1.807, 2.05) is 0 Å². The number of hydrogen-bond donors (Lipinski definition) is 4. The maximum atomic E-state index is 12.0. The molecule has 0 spiro atoms. The molecule has 2 aromatic rings. The molecule has 0 radical (unpaired) electrons. The highest BCUT2D eigenvalue weighted by Crippen LogP contribution is 2.14. The summed E-state index contributed by atoms with van der Waals surface area (Å²) in [6.07, 6.45) is 4.66. The number of hydrogen-bond acceptors (Lipinski definition) is 6. The fourth-order valence-corrected chi connectivity index (χ4v) is 2.17. The van der Waals surface area contributed by atoms with Gasteiger partial charge in [0.2, 0.25) is 5.91 Å². The SMILES string of the molecule is O=C(NNc1ncnc2nc[nH]c12)C1CCNCC1. The number of H-pyrrole nitrogens is 1. The first-order valence-corrected chi connectivity index (χ1v) is 6.25. The van der Waals surface area contributed by atoms with Crippen LogP contribution in [-0.2, 0) is 4.79 Å². The smallest absolute Gasteiger partial charge is 0.241 e. The third kappa shape index (κ3) is 2.48. The number of amides is 1. The van der Waals surface area contributed by atoms with Gasteiger partial charge in [0.25, 0.3) is 0 Å². The van der Waals surface area contributed by atoms with Crippen LogP contribution in [0.4, 0.5) is 5.82 Å². The van der Waals surface area contributed by atoms with Gasteiger partial charge in [-0.3, -0.25) is 15.6 Å². The van der Waals surface area contributed by atoms with Crippen LogP contribution >= 0.6 is 0 Å². The first-order valence-electron chi connectivity index (χ1n) is 6.25. The summed E-state index contributed by atoms with van der Waals surface area (Å²) in [5.41, 5.74) is 6.76. The van der Waals surface area contributed by atoms with Crippen molar-refractivity contribution >= 4 is 22.9 Å². The molecule has 0 saturated carbocycles. The normalized spacial score (nSPS) is 16.4. The fourth-order valence-electron chi connectivity index (χ4n) is 2.17. The number of aromatic nitrogens is 4. The maximum Gasteiger partial charge on any atom is 0.241 e. The van der Waals surface area contributed by atoms with Gasteiger partial charge < -0.3 is 10.3 Å². The van der Waals surface area contributed by atoms with E-state index < -0.39 is 0 Å². The quantitative estimate of drug-likeness (QED) is 0.570. The predicted octanol–water partition coefficient (Wildman–Crippen LogP) is -0.204. The lowest BCUT2D eigenvalue weighted by atomic mass is 9.98. The Kier molecular flexibility index (Phi) is 3.23. The van der Waals surface area contributed by atoms with Crippen LogP contribution in [0.15, 0.2) is 12.7 Å². The molecule has 3 heterocycles. The molecular formula is C11H15N7O. The van der Waals surface area contributed by atoms with Gasteiger partial charge in [-0.05, 0) is 25.9 Å². The molecule has 1 fully saturated rings. The second-order valence-corrected chi connectivity index (χ2v) is 4.46. The van der Waals surface area contributed by atoms with Crippen LogP contribution < -0.4 is 16.2 Å². The van der Waals surface area contributed by atoms with Crippen molar-refractivity contribution in [1.82, 2.24) is 30.7 Å². The van der Waals surface area contributed by atoms with Crippen molar-refractivity contribution in [2.24, 2.45) is 5.92 Å². The molecule has 1 saturated heterocycles. The van der Waals surface area contributed by atoms with Crippen LogP contribution in [-0.4, -0.2) is 38.9 Å². The molecule has 8 heteroatoms. The highest BCUT2D eigenvalue weighted by atomic mass is 16.2. The molecule has 0 aromatic carbocycles. The molecule has 2 aromatic heterocycles. The third-order valence-corrected chi connectivity index (χ3v) is 3.24. The average molecular weight is 261 g/mol. The van der Waals surface area contributed by atoms with Gasteiger partial charge in [-0.25, -0.2) is 15.0 Å². The van der Waals surface area contributed by atoms with E-state index in [1.165, 1.54) is 6.33 Å². The van der Waals surface area contributed by atoms with Gasteiger partial charge in [0, 0.05) is 5.92 Å². The number of anilines is 1. The molecule has 4 N–H and O–H groups in total. The number of nitrogens with zero attached hydrogens (tertiary/aromatic N) is 3. The summed E-state index contributed by atoms with van der Waals surface area (Å²) in [5, 5.41) is 3.23. The predicted molar refractivity (Wildman–Crippen MR) is 69.0 cm³/mol. The zero-order valence-electron chi connectivity index (χ0n) is 10.3. The third-order valence-electron chi connectivity index (χ3n) is 3.24. The first kappa shape index (κ1) is 11.8. The van der Waals surface area contributed by atoms with E-state index in [2.05, 4.69) is 36.1 Å². The molecule has 1 aliphatic rings. The Balaban J connectivity index is 1.65. The average Bonchev–Trinajstić information content (AvgIpc) is 2.94. The van der Waals surface area contributed by atoms with Crippen LogP contribution in [0.3, 0.4) is 0 Å². The molecular weight excluding hydrogens is 246 g/mol. The van der Waals surface area contributed by atoms with Gasteiger partial charge in [0.1, 0.15) is 11.8 Å². The maximum absolute atomic E-state index is 12.0. The summed E-state index contributed by atoms with van der Waals surface area (Å²) < 4.78 is 0. The molecule has 8 nitrogen and oxygen atoms in total. The number of imidazole rings is 1. The summed E-state index contributed by atoms with van der Waals surface area (Å²) >= 11 is 0. The fraction of sp³-hybridized carbons (Fsp3) is 0.455. The lowest BCUT2D eigenvalue weighted by Gasteiger charge is -2.21. The Morgan fingerprint density at radius 1 is 1.26 bits per heavy atom. The summed E-state index contributed by atoms with van der Waals surface area (Å²) in [7, 11) is 0. The van der Waals surface area contributed by atoms with Crippen molar-refractivity contribution in [3.05, 3.63) is 12.7 Å². The van der Waals surface area contributed by atoms with Crippen LogP contribution in [0, 0.1) is 5.92 Å². The minimum absolute atomic E-state index is 0.00669. The second kappa shape index (κ2) is 5.19. The van der Waals surface area contributed by atoms with Crippen molar-refractivity contribution in [3.63, 3.8) is 0 Å². The van der Waals surface area contributed by atoms with Gasteiger partial charge in [0.05, 0.1) is 6.33 Å². The summed E-state index contributed by atoms with van der Waals surface area (Å²) in [4.78, 5) is 27.0. The van der Waals surface area contributed by atoms with E-state index >= 15 is 0 Å². The van der Waals surface area contributed by atoms with Crippen molar-refractivity contribution in [1.29, 1.82) is 0 Å². The van der Waals surface area contributed by atoms with Crippen molar-refractivity contribution in [2.45, 2.75) is 12.8 Å². The van der Waals surface area contributed by atoms with Gasteiger partial charge >= 0.3 is 0 Å². The van der Waals surface area contributed by atoms with Gasteiger partial charge in [-0.15, -0.1) is 0 Å². The van der Waals surface area contributed by atoms with Crippen molar-refractivity contribution in [2.75, 3.05) is 18.5 Å². The summed E-state index contributed by atoms with van der Waals surface area (Å²) in [5.74, 6) is 0.561. The van der Waals surface area contributed by atoms with E-state index in [0.29, 0.717) is 17.0 Å². The highest BCUT2D eigenvalue weighted by Gasteiger charge is 2.20. The molecule has 100 valence electrons. The Morgan fingerprint density at radius 2 is 2.11 bits per heavy atom. The Bertz CT molecular complexity index is 575. The summed E-state index contributed by atoms with van der Waals surface area (Å²) in [6, 6.07) is 0. The number of carbonyl (C=O) groups is 1. The molecule has 0 aliphatic carbocycles. The number of fused-ring (bicyclic) bond motifs is 1. The second-order valence-electron chi connectivity index (χ2n) is 4.46. The number of nitrogens with one attached hydrogen (secondary N) is 4. The van der Waals surface area contributed by atoms with E-state index in [9.17, 15) is 4.79 Å². The lowest BCUT2D eigenvalue weighted by Crippen LogP contribution is -2.40. The molecule has 0 atom stereocenters.